The molecule has 7 nitrogen and oxygen atoms in total. The Morgan fingerprint density at radius 3 is 2.67 bits per heavy atom. The maximum Gasteiger partial charge on any atom is 0.239 e. The van der Waals surface area contributed by atoms with Gasteiger partial charge < -0.3 is 20.3 Å². The van der Waals surface area contributed by atoms with Crippen LogP contribution in [0.25, 0.3) is 0 Å². The van der Waals surface area contributed by atoms with Crippen molar-refractivity contribution in [3.05, 3.63) is 11.9 Å². The smallest absolute Gasteiger partial charge is 0.239 e. The summed E-state index contributed by atoms with van der Waals surface area (Å²) in [5.41, 5.74) is 0. The molecule has 0 aliphatic heterocycles. The second kappa shape index (κ2) is 8.41. The van der Waals surface area contributed by atoms with E-state index in [4.69, 9.17) is 4.74 Å². The number of amides is 1. The van der Waals surface area contributed by atoms with Gasteiger partial charge in [0.15, 0.2) is 5.82 Å². The van der Waals surface area contributed by atoms with Gasteiger partial charge in [-0.1, -0.05) is 0 Å². The fraction of sp³-hybridized carbons (Fsp3) is 0.643. The highest BCUT2D eigenvalue weighted by Gasteiger charge is 2.14. The normalized spacial score (nSPS) is 10.6. The number of methoxy groups -OCH3 is 1. The summed E-state index contributed by atoms with van der Waals surface area (Å²) in [7, 11) is 3.40. The van der Waals surface area contributed by atoms with E-state index in [-0.39, 0.29) is 18.5 Å². The van der Waals surface area contributed by atoms with Gasteiger partial charge in [-0.05, 0) is 20.8 Å². The van der Waals surface area contributed by atoms with Crippen LogP contribution < -0.4 is 15.5 Å². The van der Waals surface area contributed by atoms with Gasteiger partial charge >= 0.3 is 0 Å². The third-order valence-corrected chi connectivity index (χ3v) is 2.78. The molecule has 118 valence electrons. The van der Waals surface area contributed by atoms with Crippen LogP contribution in [0.2, 0.25) is 0 Å². The molecule has 0 radical (unpaired) electrons. The Labute approximate surface area is 126 Å². The molecule has 0 aliphatic rings. The number of carbonyl (C=O) groups is 1. The van der Waals surface area contributed by atoms with Crippen LogP contribution in [0.4, 0.5) is 11.6 Å². The molecule has 1 aromatic rings. The van der Waals surface area contributed by atoms with Crippen molar-refractivity contribution in [3.63, 3.8) is 0 Å². The van der Waals surface area contributed by atoms with Gasteiger partial charge in [-0.15, -0.1) is 0 Å². The summed E-state index contributed by atoms with van der Waals surface area (Å²) in [6.07, 6.45) is 0. The Kier molecular flexibility index (Phi) is 6.87. The van der Waals surface area contributed by atoms with Crippen LogP contribution in [0.5, 0.6) is 0 Å². The average Bonchev–Trinajstić information content (AvgIpc) is 2.43. The van der Waals surface area contributed by atoms with E-state index >= 15 is 0 Å². The first kappa shape index (κ1) is 17.2. The number of nitrogens with one attached hydrogen (secondary N) is 2. The first-order valence-corrected chi connectivity index (χ1v) is 7.09. The van der Waals surface area contributed by atoms with Crippen LogP contribution in [0.1, 0.15) is 26.6 Å². The van der Waals surface area contributed by atoms with E-state index in [0.29, 0.717) is 30.6 Å². The molecule has 7 heteroatoms. The quantitative estimate of drug-likeness (QED) is 0.745. The van der Waals surface area contributed by atoms with Crippen molar-refractivity contribution in [2.45, 2.75) is 33.4 Å². The summed E-state index contributed by atoms with van der Waals surface area (Å²) in [5.74, 6) is 1.98. The maximum absolute atomic E-state index is 11.9. The number of anilines is 2. The second-order valence-corrected chi connectivity index (χ2v) is 4.95. The molecule has 0 saturated heterocycles. The number of rotatable bonds is 8. The minimum Gasteiger partial charge on any atom is -0.377 e. The van der Waals surface area contributed by atoms with Gasteiger partial charge in [0, 0.05) is 32.8 Å². The molecular weight excluding hydrogens is 270 g/mol. The Morgan fingerprint density at radius 2 is 2.14 bits per heavy atom. The summed E-state index contributed by atoms with van der Waals surface area (Å²) in [4.78, 5) is 22.6. The molecule has 0 bridgehead atoms. The molecule has 21 heavy (non-hydrogen) atoms. The summed E-state index contributed by atoms with van der Waals surface area (Å²) in [6.45, 7) is 7.14. The zero-order valence-electron chi connectivity index (χ0n) is 13.4. The van der Waals surface area contributed by atoms with Crippen molar-refractivity contribution in [2.75, 3.05) is 37.5 Å². The lowest BCUT2D eigenvalue weighted by atomic mass is 10.3. The molecule has 0 unspecified atom stereocenters. The summed E-state index contributed by atoms with van der Waals surface area (Å²) in [6, 6.07) is 1.95. The molecule has 0 spiro atoms. The average molecular weight is 295 g/mol. The minimum atomic E-state index is -0.0234. The highest BCUT2D eigenvalue weighted by molar-refractivity contribution is 5.81. The van der Waals surface area contributed by atoms with Gasteiger partial charge in [0.1, 0.15) is 18.2 Å². The van der Waals surface area contributed by atoms with Gasteiger partial charge in [-0.2, -0.15) is 0 Å². The summed E-state index contributed by atoms with van der Waals surface area (Å²) < 4.78 is 5.08. The monoisotopic (exact) mass is 295 g/mol. The number of aromatic nitrogens is 2. The van der Waals surface area contributed by atoms with Crippen LogP contribution in [-0.4, -0.2) is 49.2 Å². The van der Waals surface area contributed by atoms with Crippen molar-refractivity contribution < 1.29 is 9.53 Å². The minimum absolute atomic E-state index is 0.0234. The predicted molar refractivity (Wildman–Crippen MR) is 83.5 cm³/mol. The number of hydrogen-bond acceptors (Lipinski definition) is 6. The van der Waals surface area contributed by atoms with Crippen molar-refractivity contribution in [2.24, 2.45) is 0 Å². The van der Waals surface area contributed by atoms with E-state index in [1.54, 1.807) is 14.2 Å². The van der Waals surface area contributed by atoms with E-state index < -0.39 is 0 Å². The number of carbonyl (C=O) groups excluding carboxylic acids is 1. The summed E-state index contributed by atoms with van der Waals surface area (Å²) >= 11 is 0. The first-order valence-electron chi connectivity index (χ1n) is 7.09. The van der Waals surface area contributed by atoms with Gasteiger partial charge in [0.25, 0.3) is 0 Å². The molecule has 0 aliphatic carbocycles. The van der Waals surface area contributed by atoms with Crippen molar-refractivity contribution >= 4 is 17.5 Å². The van der Waals surface area contributed by atoms with E-state index in [1.807, 2.05) is 31.7 Å². The molecular formula is C14H25N5O2. The fourth-order valence-electron chi connectivity index (χ4n) is 1.86. The van der Waals surface area contributed by atoms with Crippen LogP contribution in [0, 0.1) is 0 Å². The zero-order valence-corrected chi connectivity index (χ0v) is 13.4. The van der Waals surface area contributed by atoms with E-state index in [1.165, 1.54) is 0 Å². The van der Waals surface area contributed by atoms with E-state index in [2.05, 4.69) is 20.6 Å². The molecule has 1 amide bonds. The molecule has 0 aromatic carbocycles. The highest BCUT2D eigenvalue weighted by atomic mass is 16.5. The third-order valence-electron chi connectivity index (χ3n) is 2.78. The number of likely N-dealkylation sites (N-methyl/N-ethyl adjacent to an activating group) is 1. The number of ether oxygens (including phenoxy) is 1. The molecule has 0 fully saturated rings. The molecule has 1 aromatic heterocycles. The molecule has 2 N–H and O–H groups in total. The predicted octanol–water partition coefficient (Wildman–Crippen LogP) is 1.02. The standard InChI is InChI=1S/C14H25N5O2/c1-6-19(8-14(20)16-10(2)3)13-7-11(15-4)17-12(18-13)9-21-5/h7,10H,6,8-9H2,1-5H3,(H,16,20)(H,15,17,18). The topological polar surface area (TPSA) is 79.4 Å². The Morgan fingerprint density at radius 1 is 1.43 bits per heavy atom. The lowest BCUT2D eigenvalue weighted by Crippen LogP contribution is -2.40. The molecule has 0 atom stereocenters. The summed E-state index contributed by atoms with van der Waals surface area (Å²) in [5, 5.41) is 5.88. The largest absolute Gasteiger partial charge is 0.377 e. The maximum atomic E-state index is 11.9. The van der Waals surface area contributed by atoms with Crippen molar-refractivity contribution in [1.82, 2.24) is 15.3 Å². The van der Waals surface area contributed by atoms with Gasteiger partial charge in [0.05, 0.1) is 6.54 Å². The number of hydrogen-bond donors (Lipinski definition) is 2. The van der Waals surface area contributed by atoms with Crippen LogP contribution >= 0.6 is 0 Å². The number of nitrogens with zero attached hydrogens (tertiary/aromatic N) is 3. The molecule has 1 rings (SSSR count). The van der Waals surface area contributed by atoms with E-state index in [0.717, 1.165) is 0 Å². The Bertz CT molecular complexity index is 465. The van der Waals surface area contributed by atoms with Gasteiger partial charge in [-0.3, -0.25) is 4.79 Å². The van der Waals surface area contributed by atoms with Gasteiger partial charge in [0.2, 0.25) is 5.91 Å². The third kappa shape index (κ3) is 5.55. The second-order valence-electron chi connectivity index (χ2n) is 4.95. The lowest BCUT2D eigenvalue weighted by molar-refractivity contribution is -0.120. The van der Waals surface area contributed by atoms with Crippen molar-refractivity contribution in [1.29, 1.82) is 0 Å². The SMILES string of the molecule is CCN(CC(=O)NC(C)C)c1cc(NC)nc(COC)n1. The Hall–Kier alpha value is -1.89. The molecule has 1 heterocycles. The van der Waals surface area contributed by atoms with E-state index in [9.17, 15) is 4.79 Å². The zero-order chi connectivity index (χ0) is 15.8. The fourth-order valence-corrected chi connectivity index (χ4v) is 1.86. The molecule has 0 saturated carbocycles. The lowest BCUT2D eigenvalue weighted by Gasteiger charge is -2.23. The highest BCUT2D eigenvalue weighted by Crippen LogP contribution is 2.16. The van der Waals surface area contributed by atoms with Crippen LogP contribution in [-0.2, 0) is 16.1 Å². The van der Waals surface area contributed by atoms with Crippen molar-refractivity contribution in [3.8, 4) is 0 Å². The van der Waals surface area contributed by atoms with Crippen LogP contribution in [0.15, 0.2) is 6.07 Å². The Balaban J connectivity index is 2.93. The van der Waals surface area contributed by atoms with Crippen LogP contribution in [0.3, 0.4) is 0 Å². The first-order chi connectivity index (χ1) is 9.99. The van der Waals surface area contributed by atoms with Gasteiger partial charge in [-0.25, -0.2) is 9.97 Å².